The minimum atomic E-state index is -1.53. The third kappa shape index (κ3) is 4.49. The minimum absolute atomic E-state index is 0.140. The van der Waals surface area contributed by atoms with E-state index in [-0.39, 0.29) is 17.6 Å². The Morgan fingerprint density at radius 1 is 1.17 bits per heavy atom. The highest BCUT2D eigenvalue weighted by Crippen LogP contribution is 2.29. The molecular formula is C22H25FO6. The Balaban J connectivity index is 1.86. The molecule has 1 aromatic heterocycles. The molecule has 29 heavy (non-hydrogen) atoms. The number of allylic oxidation sites excluding steroid dienone is 3. The maximum atomic E-state index is 14.5. The van der Waals surface area contributed by atoms with E-state index in [9.17, 15) is 24.8 Å². The topological polar surface area (TPSA) is 103 Å². The highest BCUT2D eigenvalue weighted by atomic mass is 19.1. The molecule has 6 nitrogen and oxygen atoms in total. The molecule has 2 aromatic rings. The number of furan rings is 1. The normalized spacial score (nSPS) is 28.7. The van der Waals surface area contributed by atoms with Crippen LogP contribution in [0.1, 0.15) is 12.7 Å². The van der Waals surface area contributed by atoms with Gasteiger partial charge in [-0.3, -0.25) is 0 Å². The summed E-state index contributed by atoms with van der Waals surface area (Å²) in [6, 6.07) is 9.26. The number of ether oxygens (including phenoxy) is 1. The molecule has 0 saturated carbocycles. The molecule has 3 rings (SSSR count). The predicted octanol–water partition coefficient (Wildman–Crippen LogP) is 2.17. The molecular weight excluding hydrogens is 379 g/mol. The number of benzene rings is 1. The van der Waals surface area contributed by atoms with Crippen molar-refractivity contribution < 1.29 is 34.0 Å². The summed E-state index contributed by atoms with van der Waals surface area (Å²) in [6.45, 7) is 4.84. The number of aliphatic hydroxyl groups excluding tert-OH is 4. The van der Waals surface area contributed by atoms with Crippen molar-refractivity contribution in [3.05, 3.63) is 71.8 Å². The smallest absolute Gasteiger partial charge is 0.134 e. The predicted molar refractivity (Wildman–Crippen MR) is 106 cm³/mol. The highest BCUT2D eigenvalue weighted by Gasteiger charge is 2.44. The van der Waals surface area contributed by atoms with E-state index in [0.29, 0.717) is 11.3 Å². The van der Waals surface area contributed by atoms with Crippen molar-refractivity contribution in [3.63, 3.8) is 0 Å². The number of rotatable bonds is 6. The van der Waals surface area contributed by atoms with Crippen molar-refractivity contribution in [2.24, 2.45) is 0 Å². The van der Waals surface area contributed by atoms with Gasteiger partial charge in [-0.25, -0.2) is 4.39 Å². The van der Waals surface area contributed by atoms with Crippen LogP contribution in [0, 0.1) is 0 Å². The van der Waals surface area contributed by atoms with Crippen LogP contribution in [0.2, 0.25) is 0 Å². The lowest BCUT2D eigenvalue weighted by molar-refractivity contribution is -0.218. The first-order valence-corrected chi connectivity index (χ1v) is 9.35. The van der Waals surface area contributed by atoms with Gasteiger partial charge in [0.05, 0.1) is 6.61 Å². The second-order valence-electron chi connectivity index (χ2n) is 7.06. The molecule has 5 atom stereocenters. The summed E-state index contributed by atoms with van der Waals surface area (Å²) in [6.07, 6.45) is -3.77. The van der Waals surface area contributed by atoms with Crippen molar-refractivity contribution in [3.8, 4) is 0 Å². The van der Waals surface area contributed by atoms with E-state index in [1.807, 2.05) is 30.3 Å². The average Bonchev–Trinajstić information content (AvgIpc) is 3.13. The molecule has 1 aliphatic heterocycles. The zero-order valence-corrected chi connectivity index (χ0v) is 16.0. The monoisotopic (exact) mass is 404 g/mol. The van der Waals surface area contributed by atoms with Gasteiger partial charge in [-0.05, 0) is 30.2 Å². The maximum absolute atomic E-state index is 14.5. The summed E-state index contributed by atoms with van der Waals surface area (Å²) in [5.74, 6) is 0.0623. The van der Waals surface area contributed by atoms with Gasteiger partial charge in [0.25, 0.3) is 0 Å². The van der Waals surface area contributed by atoms with E-state index in [1.165, 1.54) is 12.2 Å². The molecule has 1 saturated heterocycles. The molecule has 0 radical (unpaired) electrons. The molecule has 4 N–H and O–H groups in total. The van der Waals surface area contributed by atoms with Crippen LogP contribution >= 0.6 is 0 Å². The van der Waals surface area contributed by atoms with E-state index >= 15 is 0 Å². The van der Waals surface area contributed by atoms with Crippen molar-refractivity contribution in [1.29, 1.82) is 0 Å². The van der Waals surface area contributed by atoms with E-state index in [1.54, 1.807) is 6.92 Å². The van der Waals surface area contributed by atoms with Crippen LogP contribution in [0.3, 0.4) is 0 Å². The number of fused-ring (bicyclic) bond motifs is 1. The SMILES string of the molecule is C=C(/C=C(Cc1cc2ccccc2o1)\C(F)=C/C)[C@@H]1O[C@H](CO)[C@@H](O)[C@H](O)[C@H]1O. The second-order valence-corrected chi connectivity index (χ2v) is 7.06. The van der Waals surface area contributed by atoms with E-state index in [4.69, 9.17) is 9.15 Å². The largest absolute Gasteiger partial charge is 0.461 e. The third-order valence-corrected chi connectivity index (χ3v) is 5.02. The number of hydrogen-bond donors (Lipinski definition) is 4. The van der Waals surface area contributed by atoms with Crippen molar-refractivity contribution >= 4 is 11.0 Å². The van der Waals surface area contributed by atoms with Crippen molar-refractivity contribution in [1.82, 2.24) is 0 Å². The van der Waals surface area contributed by atoms with Crippen LogP contribution in [0.15, 0.2) is 70.5 Å². The van der Waals surface area contributed by atoms with Gasteiger partial charge in [0.1, 0.15) is 47.7 Å². The van der Waals surface area contributed by atoms with Gasteiger partial charge in [0, 0.05) is 11.8 Å². The zero-order chi connectivity index (χ0) is 21.1. The fraction of sp³-hybridized carbons (Fsp3) is 0.364. The van der Waals surface area contributed by atoms with Gasteiger partial charge in [0.2, 0.25) is 0 Å². The lowest BCUT2D eigenvalue weighted by Crippen LogP contribution is -2.58. The zero-order valence-electron chi connectivity index (χ0n) is 16.0. The van der Waals surface area contributed by atoms with Gasteiger partial charge in [-0.15, -0.1) is 0 Å². The van der Waals surface area contributed by atoms with Gasteiger partial charge in [-0.1, -0.05) is 36.9 Å². The van der Waals surface area contributed by atoms with Crippen LogP contribution in [0.4, 0.5) is 4.39 Å². The molecule has 1 aromatic carbocycles. The molecule has 0 unspecified atom stereocenters. The summed E-state index contributed by atoms with van der Waals surface area (Å²) in [5.41, 5.74) is 1.15. The molecule has 1 fully saturated rings. The summed E-state index contributed by atoms with van der Waals surface area (Å²) >= 11 is 0. The molecule has 0 aliphatic carbocycles. The Morgan fingerprint density at radius 2 is 1.90 bits per heavy atom. The summed E-state index contributed by atoms with van der Waals surface area (Å²) in [4.78, 5) is 0. The molecule has 0 spiro atoms. The van der Waals surface area contributed by atoms with Crippen LogP contribution in [-0.4, -0.2) is 57.6 Å². The van der Waals surface area contributed by atoms with Crippen LogP contribution < -0.4 is 0 Å². The maximum Gasteiger partial charge on any atom is 0.134 e. The number of para-hydroxylation sites is 1. The summed E-state index contributed by atoms with van der Waals surface area (Å²) < 4.78 is 25.8. The average molecular weight is 404 g/mol. The van der Waals surface area contributed by atoms with Crippen LogP contribution in [0.25, 0.3) is 11.0 Å². The number of halogens is 1. The van der Waals surface area contributed by atoms with Gasteiger partial charge < -0.3 is 29.6 Å². The van der Waals surface area contributed by atoms with Crippen LogP contribution in [0.5, 0.6) is 0 Å². The Morgan fingerprint density at radius 3 is 2.55 bits per heavy atom. The third-order valence-electron chi connectivity index (χ3n) is 5.02. The van der Waals surface area contributed by atoms with Crippen molar-refractivity contribution in [2.45, 2.75) is 43.9 Å². The first-order chi connectivity index (χ1) is 13.8. The minimum Gasteiger partial charge on any atom is -0.461 e. The molecule has 1 aliphatic rings. The molecule has 7 heteroatoms. The quantitative estimate of drug-likeness (QED) is 0.551. The summed E-state index contributed by atoms with van der Waals surface area (Å²) in [5, 5.41) is 40.4. The molecule has 2 heterocycles. The van der Waals surface area contributed by atoms with E-state index in [0.717, 1.165) is 5.39 Å². The number of hydrogen-bond acceptors (Lipinski definition) is 6. The molecule has 0 amide bonds. The molecule has 0 bridgehead atoms. The Kier molecular flexibility index (Phi) is 6.66. The van der Waals surface area contributed by atoms with Gasteiger partial charge in [-0.2, -0.15) is 0 Å². The Bertz CT molecular complexity index is 895. The summed E-state index contributed by atoms with van der Waals surface area (Å²) in [7, 11) is 0. The first kappa shape index (κ1) is 21.4. The Hall–Kier alpha value is -2.29. The fourth-order valence-corrected chi connectivity index (χ4v) is 3.42. The first-order valence-electron chi connectivity index (χ1n) is 9.35. The second kappa shape index (κ2) is 9.02. The van der Waals surface area contributed by atoms with Crippen LogP contribution in [-0.2, 0) is 11.2 Å². The number of aliphatic hydroxyl groups is 4. The van der Waals surface area contributed by atoms with Gasteiger partial charge >= 0.3 is 0 Å². The Labute approximate surface area is 167 Å². The lowest BCUT2D eigenvalue weighted by Gasteiger charge is -2.40. The van der Waals surface area contributed by atoms with E-state index in [2.05, 4.69) is 6.58 Å². The lowest BCUT2D eigenvalue weighted by atomic mass is 9.90. The van der Waals surface area contributed by atoms with E-state index < -0.39 is 43.0 Å². The standard InChI is InChI=1S/C22H25FO6/c1-3-16(23)14(10-15-9-13-6-4-5-7-17(13)28-15)8-12(2)22-21(27)20(26)19(25)18(11-24)29-22/h3-9,18-22,24-27H,2,10-11H2,1H3/b14-8-,16-3+/t18-,19-,20+,21-,22+/m1/s1. The van der Waals surface area contributed by atoms with Gasteiger partial charge in [0.15, 0.2) is 0 Å². The molecule has 156 valence electrons. The fourth-order valence-electron chi connectivity index (χ4n) is 3.42. The highest BCUT2D eigenvalue weighted by molar-refractivity contribution is 5.77. The van der Waals surface area contributed by atoms with Crippen molar-refractivity contribution in [2.75, 3.05) is 6.61 Å².